The van der Waals surface area contributed by atoms with E-state index >= 15 is 0 Å². The molecule has 0 unspecified atom stereocenters. The highest BCUT2D eigenvalue weighted by Crippen LogP contribution is 2.24. The lowest BCUT2D eigenvalue weighted by atomic mass is 9.92. The molecule has 1 fully saturated rings. The lowest BCUT2D eigenvalue weighted by molar-refractivity contribution is 0.0690. The Morgan fingerprint density at radius 1 is 1.03 bits per heavy atom. The summed E-state index contributed by atoms with van der Waals surface area (Å²) < 4.78 is 5.45. The molecular formula is C27H28N6O2. The summed E-state index contributed by atoms with van der Waals surface area (Å²) in [5.74, 6) is 2.10. The monoisotopic (exact) mass is 468 g/mol. The van der Waals surface area contributed by atoms with Crippen LogP contribution in [0.5, 0.6) is 5.75 Å². The van der Waals surface area contributed by atoms with E-state index in [9.17, 15) is 4.79 Å². The number of imidazole rings is 1. The first-order valence-corrected chi connectivity index (χ1v) is 11.9. The van der Waals surface area contributed by atoms with Crippen molar-refractivity contribution in [3.05, 3.63) is 89.9 Å². The van der Waals surface area contributed by atoms with Gasteiger partial charge >= 0.3 is 0 Å². The van der Waals surface area contributed by atoms with Gasteiger partial charge in [0, 0.05) is 61.1 Å². The van der Waals surface area contributed by atoms with Gasteiger partial charge in [-0.05, 0) is 43.4 Å². The van der Waals surface area contributed by atoms with Crippen LogP contribution in [0.1, 0.15) is 40.2 Å². The summed E-state index contributed by atoms with van der Waals surface area (Å²) in [4.78, 5) is 35.9. The summed E-state index contributed by atoms with van der Waals surface area (Å²) in [5, 5.41) is 0. The molecule has 8 heteroatoms. The van der Waals surface area contributed by atoms with Crippen LogP contribution >= 0.6 is 0 Å². The van der Waals surface area contributed by atoms with Gasteiger partial charge in [0.25, 0.3) is 5.91 Å². The molecule has 5 rings (SSSR count). The summed E-state index contributed by atoms with van der Waals surface area (Å²) in [7, 11) is 1.67. The Morgan fingerprint density at radius 3 is 2.63 bits per heavy atom. The zero-order valence-corrected chi connectivity index (χ0v) is 19.7. The number of amides is 1. The summed E-state index contributed by atoms with van der Waals surface area (Å²) in [6.45, 7) is 1.48. The van der Waals surface area contributed by atoms with Gasteiger partial charge < -0.3 is 14.6 Å². The number of rotatable bonds is 7. The largest absolute Gasteiger partial charge is 0.496 e. The Kier molecular flexibility index (Phi) is 6.79. The number of aromatic amines is 1. The van der Waals surface area contributed by atoms with Gasteiger partial charge in [-0.3, -0.25) is 14.8 Å². The first kappa shape index (κ1) is 22.7. The van der Waals surface area contributed by atoms with Crippen LogP contribution in [-0.2, 0) is 12.8 Å². The van der Waals surface area contributed by atoms with Crippen LogP contribution in [0.2, 0.25) is 0 Å². The van der Waals surface area contributed by atoms with E-state index in [0.717, 1.165) is 66.6 Å². The number of carbonyl (C=O) groups is 1. The quantitative estimate of drug-likeness (QED) is 0.441. The molecule has 1 amide bonds. The molecule has 0 aliphatic carbocycles. The highest BCUT2D eigenvalue weighted by Gasteiger charge is 2.24. The van der Waals surface area contributed by atoms with Gasteiger partial charge in [-0.1, -0.05) is 18.2 Å². The van der Waals surface area contributed by atoms with E-state index in [-0.39, 0.29) is 5.91 Å². The maximum Gasteiger partial charge on any atom is 0.253 e. The minimum absolute atomic E-state index is 0.0646. The second-order valence-corrected chi connectivity index (χ2v) is 8.79. The Hall–Kier alpha value is -4.07. The zero-order valence-electron chi connectivity index (χ0n) is 19.7. The molecule has 0 atom stereocenters. The van der Waals surface area contributed by atoms with E-state index in [0.29, 0.717) is 17.9 Å². The lowest BCUT2D eigenvalue weighted by Gasteiger charge is -2.32. The number of hydrogen-bond donors (Lipinski definition) is 1. The van der Waals surface area contributed by atoms with E-state index < -0.39 is 0 Å². The lowest BCUT2D eigenvalue weighted by Crippen LogP contribution is -2.39. The second kappa shape index (κ2) is 10.5. The average molecular weight is 469 g/mol. The van der Waals surface area contributed by atoms with E-state index in [4.69, 9.17) is 4.74 Å². The Bertz CT molecular complexity index is 1270. The summed E-state index contributed by atoms with van der Waals surface area (Å²) in [5.41, 5.74) is 4.30. The molecule has 8 nitrogen and oxygen atoms in total. The standard InChI is InChI=1S/C27H28N6O2/c1-35-25-5-3-2-4-20(25)15-22-16-21(6-9-28-22)27(34)33-12-7-19(8-13-33)14-23-17-32-24(18-31-23)26-29-10-11-30-26/h2-6,9-11,16-19H,7-8,12-15H2,1H3,(H,29,30). The number of ether oxygens (including phenoxy) is 1. The van der Waals surface area contributed by atoms with Gasteiger partial charge in [-0.2, -0.15) is 0 Å². The van der Waals surface area contributed by atoms with Crippen molar-refractivity contribution in [1.82, 2.24) is 29.8 Å². The maximum absolute atomic E-state index is 13.2. The van der Waals surface area contributed by atoms with Crippen molar-refractivity contribution in [2.24, 2.45) is 5.92 Å². The third-order valence-electron chi connectivity index (χ3n) is 6.47. The summed E-state index contributed by atoms with van der Waals surface area (Å²) in [6.07, 6.45) is 12.2. The fourth-order valence-corrected chi connectivity index (χ4v) is 4.56. The molecule has 1 saturated heterocycles. The molecular weight excluding hydrogens is 440 g/mol. The van der Waals surface area contributed by atoms with Crippen molar-refractivity contribution in [3.63, 3.8) is 0 Å². The van der Waals surface area contributed by atoms with Crippen LogP contribution in [0.3, 0.4) is 0 Å². The average Bonchev–Trinajstić information content (AvgIpc) is 3.45. The summed E-state index contributed by atoms with van der Waals surface area (Å²) in [6, 6.07) is 11.6. The number of para-hydroxylation sites is 1. The number of nitrogens with one attached hydrogen (secondary N) is 1. The highest BCUT2D eigenvalue weighted by molar-refractivity contribution is 5.94. The van der Waals surface area contributed by atoms with E-state index in [2.05, 4.69) is 24.9 Å². The Morgan fingerprint density at radius 2 is 1.89 bits per heavy atom. The fraction of sp³-hybridized carbons (Fsp3) is 0.296. The fourth-order valence-electron chi connectivity index (χ4n) is 4.56. The van der Waals surface area contributed by atoms with Gasteiger partial charge in [0.2, 0.25) is 0 Å². The second-order valence-electron chi connectivity index (χ2n) is 8.79. The number of piperidine rings is 1. The number of nitrogens with zero attached hydrogens (tertiary/aromatic N) is 5. The number of hydrogen-bond acceptors (Lipinski definition) is 6. The third-order valence-corrected chi connectivity index (χ3v) is 6.47. The SMILES string of the molecule is COc1ccccc1Cc1cc(C(=O)N2CCC(Cc3cnc(-c4ncc[nH]4)cn3)CC2)ccn1. The van der Waals surface area contributed by atoms with Gasteiger partial charge in [0.15, 0.2) is 5.82 Å². The molecule has 1 aliphatic rings. The van der Waals surface area contributed by atoms with Crippen molar-refractivity contribution in [2.75, 3.05) is 20.2 Å². The number of aromatic nitrogens is 5. The van der Waals surface area contributed by atoms with Gasteiger partial charge in [0.1, 0.15) is 11.4 Å². The van der Waals surface area contributed by atoms with Crippen molar-refractivity contribution in [3.8, 4) is 17.3 Å². The van der Waals surface area contributed by atoms with Gasteiger partial charge in [-0.15, -0.1) is 0 Å². The summed E-state index contributed by atoms with van der Waals surface area (Å²) >= 11 is 0. The predicted molar refractivity (Wildman–Crippen MR) is 132 cm³/mol. The number of methoxy groups -OCH3 is 1. The smallest absolute Gasteiger partial charge is 0.253 e. The molecule has 178 valence electrons. The molecule has 4 heterocycles. The minimum Gasteiger partial charge on any atom is -0.496 e. The number of H-pyrrole nitrogens is 1. The molecule has 0 spiro atoms. The van der Waals surface area contributed by atoms with Crippen LogP contribution in [0.25, 0.3) is 11.5 Å². The number of likely N-dealkylation sites (tertiary alicyclic amines) is 1. The molecule has 0 radical (unpaired) electrons. The topological polar surface area (TPSA) is 96.9 Å². The molecule has 0 saturated carbocycles. The first-order valence-electron chi connectivity index (χ1n) is 11.9. The number of pyridine rings is 1. The molecule has 4 aromatic rings. The van der Waals surface area contributed by atoms with Crippen molar-refractivity contribution >= 4 is 5.91 Å². The van der Waals surface area contributed by atoms with Crippen molar-refractivity contribution in [2.45, 2.75) is 25.7 Å². The van der Waals surface area contributed by atoms with Crippen LogP contribution in [0.15, 0.2) is 67.4 Å². The van der Waals surface area contributed by atoms with Crippen LogP contribution in [0, 0.1) is 5.92 Å². The molecule has 0 bridgehead atoms. The normalized spacial score (nSPS) is 14.1. The van der Waals surface area contributed by atoms with E-state index in [1.807, 2.05) is 41.4 Å². The molecule has 3 aromatic heterocycles. The highest BCUT2D eigenvalue weighted by atomic mass is 16.5. The van der Waals surface area contributed by atoms with Crippen LogP contribution in [0.4, 0.5) is 0 Å². The molecule has 1 aliphatic heterocycles. The van der Waals surface area contributed by atoms with Gasteiger partial charge in [-0.25, -0.2) is 9.97 Å². The predicted octanol–water partition coefficient (Wildman–Crippen LogP) is 3.96. The minimum atomic E-state index is 0.0646. The number of carbonyl (C=O) groups excluding carboxylic acids is 1. The van der Waals surface area contributed by atoms with E-state index in [1.54, 1.807) is 38.0 Å². The van der Waals surface area contributed by atoms with Crippen molar-refractivity contribution in [1.29, 1.82) is 0 Å². The van der Waals surface area contributed by atoms with E-state index in [1.165, 1.54) is 0 Å². The zero-order chi connectivity index (χ0) is 24.0. The maximum atomic E-state index is 13.2. The third kappa shape index (κ3) is 5.37. The Labute approximate surface area is 204 Å². The van der Waals surface area contributed by atoms with Crippen LogP contribution < -0.4 is 4.74 Å². The molecule has 35 heavy (non-hydrogen) atoms. The first-order chi connectivity index (χ1) is 17.2. The number of benzene rings is 1. The van der Waals surface area contributed by atoms with Crippen molar-refractivity contribution < 1.29 is 9.53 Å². The molecule has 1 N–H and O–H groups in total. The van der Waals surface area contributed by atoms with Gasteiger partial charge in [0.05, 0.1) is 19.0 Å². The Balaban J connectivity index is 1.17. The van der Waals surface area contributed by atoms with Crippen LogP contribution in [-0.4, -0.2) is 55.9 Å². The molecule has 1 aromatic carbocycles.